The minimum atomic E-state index is -1.79. The maximum Gasteiger partial charge on any atom is 0.246 e. The number of nitrogens with one attached hydrogen (secondary N) is 7. The Morgan fingerprint density at radius 1 is 0.761 bits per heavy atom. The highest BCUT2D eigenvalue weighted by Crippen LogP contribution is 2.26. The number of primary amides is 3. The fourth-order valence-electron chi connectivity index (χ4n) is 7.00. The van der Waals surface area contributed by atoms with E-state index < -0.39 is 145 Å². The van der Waals surface area contributed by atoms with Gasteiger partial charge in [-0.3, -0.25) is 52.7 Å². The summed E-state index contributed by atoms with van der Waals surface area (Å²) < 4.78 is 0. The molecule has 9 atom stereocenters. The van der Waals surface area contributed by atoms with E-state index in [4.69, 9.17) is 22.9 Å². The van der Waals surface area contributed by atoms with Crippen LogP contribution in [0.2, 0.25) is 0 Å². The Kier molecular flexibility index (Phi) is 21.6. The minimum absolute atomic E-state index is 0.0405. The van der Waals surface area contributed by atoms with Gasteiger partial charge >= 0.3 is 0 Å². The van der Waals surface area contributed by atoms with E-state index in [1.54, 1.807) is 27.7 Å². The first-order valence-corrected chi connectivity index (χ1v) is 24.0. The van der Waals surface area contributed by atoms with Crippen LogP contribution < -0.4 is 60.2 Å². The molecule has 3 rings (SSSR count). The Labute approximate surface area is 394 Å². The van der Waals surface area contributed by atoms with Crippen molar-refractivity contribution in [2.75, 3.05) is 24.6 Å². The molecule has 0 spiro atoms. The molecule has 2 aliphatic heterocycles. The van der Waals surface area contributed by atoms with Crippen molar-refractivity contribution in [2.45, 2.75) is 115 Å². The molecule has 2 aliphatic rings. The lowest BCUT2D eigenvalue weighted by Gasteiger charge is -2.31. The molecule has 26 heteroatoms. The van der Waals surface area contributed by atoms with E-state index in [9.17, 15) is 57.8 Å². The first-order chi connectivity index (χ1) is 31.5. The molecule has 370 valence electrons. The fraction of sp³-hybridized carbons (Fsp3) is 0.585. The third kappa shape index (κ3) is 17.2. The number of carbonyl (C=O) groups excluding carboxylic acids is 11. The van der Waals surface area contributed by atoms with Crippen LogP contribution >= 0.6 is 21.6 Å². The van der Waals surface area contributed by atoms with Crippen molar-refractivity contribution < 1.29 is 57.8 Å². The van der Waals surface area contributed by atoms with E-state index in [0.29, 0.717) is 18.4 Å². The summed E-state index contributed by atoms with van der Waals surface area (Å²) in [6.45, 7) is 6.22. The number of amides is 11. The van der Waals surface area contributed by atoms with Gasteiger partial charge in [0.25, 0.3) is 0 Å². The van der Waals surface area contributed by atoms with Gasteiger partial charge in [0.1, 0.15) is 48.0 Å². The Balaban J connectivity index is 2.04. The van der Waals surface area contributed by atoms with Crippen LogP contribution in [0.25, 0.3) is 0 Å². The maximum absolute atomic E-state index is 14.4. The summed E-state index contributed by atoms with van der Waals surface area (Å²) in [6.07, 6.45) is -0.924. The number of carbonyl (C=O) groups is 11. The van der Waals surface area contributed by atoms with Gasteiger partial charge in [-0.2, -0.15) is 0 Å². The Morgan fingerprint density at radius 2 is 1.31 bits per heavy atom. The number of phenolic OH excluding ortho intramolecular Hbond substituents is 1. The zero-order chi connectivity index (χ0) is 50.1. The van der Waals surface area contributed by atoms with Crippen LogP contribution in [0.1, 0.15) is 65.4 Å². The third-order valence-electron chi connectivity index (χ3n) is 10.9. The van der Waals surface area contributed by atoms with Gasteiger partial charge in [-0.05, 0) is 42.4 Å². The number of hydrogen-bond acceptors (Lipinski definition) is 15. The van der Waals surface area contributed by atoms with Gasteiger partial charge in [-0.1, -0.05) is 67.8 Å². The van der Waals surface area contributed by atoms with Gasteiger partial charge < -0.3 is 70.2 Å². The number of aromatic hydroxyl groups is 1. The monoisotopic (exact) mass is 978 g/mol. The van der Waals surface area contributed by atoms with Crippen LogP contribution in [-0.4, -0.2) is 148 Å². The average molecular weight is 979 g/mol. The SMILES string of the molecule is CC[C@H](C)[C@@H]1NC(=O)[C@H](Cc2ccc(O)cc2)NC(=O)[C@@H](N)CSSC[C@@H](C(=O)N2CCC[C@H]2C(=O)N[C@H](C(=O)NCC(N)=O)C(C)C)NC(=O)[C@H](CC(N)=O)NC(=O)[C@H](CC(N)=O)NC1=O. The zero-order valence-electron chi connectivity index (χ0n) is 37.7. The predicted octanol–water partition coefficient (Wildman–Crippen LogP) is -4.39. The second-order valence-corrected chi connectivity index (χ2v) is 19.2. The lowest BCUT2D eigenvalue weighted by atomic mass is 9.96. The molecule has 24 nitrogen and oxygen atoms in total. The lowest BCUT2D eigenvalue weighted by molar-refractivity contribution is -0.142. The van der Waals surface area contributed by atoms with Crippen LogP contribution in [0, 0.1) is 11.8 Å². The number of rotatable bonds is 15. The van der Waals surface area contributed by atoms with Gasteiger partial charge in [-0.15, -0.1) is 0 Å². The van der Waals surface area contributed by atoms with Gasteiger partial charge in [0, 0.05) is 24.5 Å². The molecule has 0 unspecified atom stereocenters. The molecule has 2 saturated heterocycles. The van der Waals surface area contributed by atoms with Crippen molar-refractivity contribution in [1.82, 2.24) is 42.1 Å². The number of phenols is 1. The van der Waals surface area contributed by atoms with Crippen molar-refractivity contribution in [3.8, 4) is 5.75 Å². The molecule has 67 heavy (non-hydrogen) atoms. The summed E-state index contributed by atoms with van der Waals surface area (Å²) in [4.78, 5) is 147. The molecule has 1 aromatic rings. The van der Waals surface area contributed by atoms with E-state index >= 15 is 0 Å². The lowest BCUT2D eigenvalue weighted by Crippen LogP contribution is -2.62. The summed E-state index contributed by atoms with van der Waals surface area (Å²) in [7, 11) is 2.02. The van der Waals surface area contributed by atoms with Crippen LogP contribution in [0.5, 0.6) is 5.75 Å². The molecule has 0 radical (unpaired) electrons. The van der Waals surface area contributed by atoms with Crippen molar-refractivity contribution in [3.05, 3.63) is 29.8 Å². The number of benzene rings is 1. The summed E-state index contributed by atoms with van der Waals surface area (Å²) in [5.41, 5.74) is 22.9. The smallest absolute Gasteiger partial charge is 0.246 e. The van der Waals surface area contributed by atoms with Crippen LogP contribution in [-0.2, 0) is 59.2 Å². The molecular formula is C41H62N12O12S2. The molecule has 2 heterocycles. The predicted molar refractivity (Wildman–Crippen MR) is 245 cm³/mol. The van der Waals surface area contributed by atoms with Crippen LogP contribution in [0.4, 0.5) is 0 Å². The largest absolute Gasteiger partial charge is 0.508 e. The highest BCUT2D eigenvalue weighted by atomic mass is 33.1. The van der Waals surface area contributed by atoms with Crippen LogP contribution in [0.3, 0.4) is 0 Å². The molecule has 1 aromatic carbocycles. The second kappa shape index (κ2) is 26.3. The fourth-order valence-corrected chi connectivity index (χ4v) is 9.28. The van der Waals surface area contributed by atoms with E-state index in [2.05, 4.69) is 37.2 Å². The van der Waals surface area contributed by atoms with Gasteiger partial charge in [-0.25, -0.2) is 0 Å². The summed E-state index contributed by atoms with van der Waals surface area (Å²) >= 11 is 0. The topological polar surface area (TPSA) is 400 Å². The van der Waals surface area contributed by atoms with E-state index in [1.807, 2.05) is 0 Å². The van der Waals surface area contributed by atoms with Gasteiger partial charge in [0.2, 0.25) is 65.0 Å². The Hall–Kier alpha value is -6.15. The normalized spacial score (nSPS) is 24.7. The maximum atomic E-state index is 14.4. The molecule has 2 fully saturated rings. The van der Waals surface area contributed by atoms with E-state index in [-0.39, 0.29) is 36.6 Å². The highest BCUT2D eigenvalue weighted by molar-refractivity contribution is 8.76. The van der Waals surface area contributed by atoms with Gasteiger partial charge in [0.05, 0.1) is 25.4 Å². The van der Waals surface area contributed by atoms with Crippen molar-refractivity contribution in [1.29, 1.82) is 0 Å². The molecule has 11 amide bonds. The molecule has 0 aromatic heterocycles. The molecule has 16 N–H and O–H groups in total. The quantitative estimate of drug-likeness (QED) is 0.0739. The van der Waals surface area contributed by atoms with Crippen molar-refractivity contribution in [2.24, 2.45) is 34.8 Å². The summed E-state index contributed by atoms with van der Waals surface area (Å²) in [6, 6.07) is -5.41. The zero-order valence-corrected chi connectivity index (χ0v) is 39.3. The first kappa shape index (κ1) is 55.2. The minimum Gasteiger partial charge on any atom is -0.508 e. The first-order valence-electron chi connectivity index (χ1n) is 21.6. The number of hydrogen-bond donors (Lipinski definition) is 12. The van der Waals surface area contributed by atoms with Crippen LogP contribution in [0.15, 0.2) is 24.3 Å². The van der Waals surface area contributed by atoms with E-state index in [0.717, 1.165) is 21.6 Å². The summed E-state index contributed by atoms with van der Waals surface area (Å²) in [5, 5.41) is 27.3. The van der Waals surface area contributed by atoms with Gasteiger partial charge in [0.15, 0.2) is 0 Å². The summed E-state index contributed by atoms with van der Waals surface area (Å²) in [5.74, 6) is -11.3. The second-order valence-electron chi connectivity index (χ2n) is 16.6. The average Bonchev–Trinajstić information content (AvgIpc) is 3.76. The number of nitrogens with two attached hydrogens (primary N) is 4. The standard InChI is InChI=1S/C41H62N12O12S2/c1-5-20(4)33-40(64)49-26(15-30(44)56)35(59)48-25(14-29(43)55)36(60)50-27(41(65)53-12-6-7-28(53)38(62)51-32(19(2)3)39(63)46-16-31(45)57)18-67-66-17-23(42)34(58)47-24(37(61)52-33)13-21-8-10-22(54)11-9-21/h8-11,19-20,23-28,32-33,54H,5-7,12-18,42H2,1-4H3,(H2,43,55)(H2,44,56)(H2,45,57)(H,46,63)(H,47,58)(H,48,59)(H,49,64)(H,50,60)(H,51,62)(H,52,61)/t20-,23-,24-,25-,26-,27-,28-,32-,33-/m0/s1. The molecular weight excluding hydrogens is 917 g/mol. The van der Waals surface area contributed by atoms with Crippen molar-refractivity contribution in [3.63, 3.8) is 0 Å². The molecule has 0 saturated carbocycles. The highest BCUT2D eigenvalue weighted by Gasteiger charge is 2.41. The Morgan fingerprint density at radius 3 is 1.88 bits per heavy atom. The molecule has 0 bridgehead atoms. The third-order valence-corrected chi connectivity index (χ3v) is 13.4. The van der Waals surface area contributed by atoms with E-state index in [1.165, 1.54) is 29.2 Å². The number of likely N-dealkylation sites (tertiary alicyclic amines) is 1. The number of nitrogens with zero attached hydrogens (tertiary/aromatic N) is 1. The Bertz CT molecular complexity index is 2010. The molecule has 0 aliphatic carbocycles. The van der Waals surface area contributed by atoms with Crippen molar-refractivity contribution >= 4 is 86.6 Å².